The van der Waals surface area contributed by atoms with Gasteiger partial charge >= 0.3 is 6.85 Å². The first-order valence-corrected chi connectivity index (χ1v) is 29.2. The molecule has 0 saturated carbocycles. The standard InChI is InChI=1S/C72H75BN2O3/c1-66(2,3)40-20-22-41(23-21-40)75-55-39-60-44(45-34-51-53(37-58(45)76-60)71(12,13)30-28-69(51,8)9)33-47(55)61-62-56(36-46-43-18-16-17-19-57(43)77-64(46)61)74(42-24-25-49-50(32-42)68(6,7)27-26-67(49,4)5)63-48-35-52-54(38-59(48)78-65(63)73(62)75)72(14,15)31-29-70(52,10)11/h16-25,32-39H,26-31H2,1-15H3. The molecule has 0 fully saturated rings. The molecule has 6 heteroatoms. The van der Waals surface area contributed by atoms with Gasteiger partial charge in [-0.25, -0.2) is 0 Å². The van der Waals surface area contributed by atoms with Crippen LogP contribution in [0.4, 0.5) is 28.4 Å². The maximum Gasteiger partial charge on any atom is 0.376 e. The molecule has 0 unspecified atom stereocenters. The minimum absolute atomic E-state index is 0.00206. The Kier molecular flexibility index (Phi) is 9.42. The molecule has 0 amide bonds. The molecule has 394 valence electrons. The van der Waals surface area contributed by atoms with Crippen molar-refractivity contribution < 1.29 is 13.3 Å². The van der Waals surface area contributed by atoms with Crippen molar-refractivity contribution in [3.63, 3.8) is 0 Å². The van der Waals surface area contributed by atoms with E-state index in [4.69, 9.17) is 13.3 Å². The predicted molar refractivity (Wildman–Crippen MR) is 329 cm³/mol. The van der Waals surface area contributed by atoms with E-state index in [0.29, 0.717) is 0 Å². The lowest BCUT2D eigenvalue weighted by Gasteiger charge is -2.45. The minimum atomic E-state index is -0.374. The van der Waals surface area contributed by atoms with Gasteiger partial charge in [0.25, 0.3) is 0 Å². The lowest BCUT2D eigenvalue weighted by Crippen LogP contribution is -2.61. The molecule has 15 rings (SSSR count). The molecule has 78 heavy (non-hydrogen) atoms. The number of hydrogen-bond donors (Lipinski definition) is 0. The van der Waals surface area contributed by atoms with Crippen LogP contribution in [0.1, 0.15) is 181 Å². The molecule has 10 aromatic rings. The van der Waals surface area contributed by atoms with E-state index in [1.807, 2.05) is 0 Å². The highest BCUT2D eigenvalue weighted by atomic mass is 16.3. The fraction of sp³-hybridized carbons (Fsp3) is 0.389. The zero-order valence-corrected chi connectivity index (χ0v) is 48.8. The summed E-state index contributed by atoms with van der Waals surface area (Å²) >= 11 is 0. The number of rotatable bonds is 2. The van der Waals surface area contributed by atoms with E-state index in [0.717, 1.165) is 133 Å². The van der Waals surface area contributed by atoms with Crippen LogP contribution >= 0.6 is 0 Å². The van der Waals surface area contributed by atoms with E-state index in [1.165, 1.54) is 49.8 Å². The van der Waals surface area contributed by atoms with E-state index in [9.17, 15) is 0 Å². The molecule has 3 aromatic heterocycles. The molecule has 0 bridgehead atoms. The van der Waals surface area contributed by atoms with Crippen molar-refractivity contribution in [2.45, 2.75) is 180 Å². The van der Waals surface area contributed by atoms with Gasteiger partial charge in [-0.1, -0.05) is 140 Å². The van der Waals surface area contributed by atoms with Gasteiger partial charge in [0.1, 0.15) is 33.6 Å². The van der Waals surface area contributed by atoms with Crippen molar-refractivity contribution in [3.05, 3.63) is 148 Å². The third kappa shape index (κ3) is 6.55. The van der Waals surface area contributed by atoms with Crippen molar-refractivity contribution in [2.24, 2.45) is 0 Å². The Morgan fingerprint density at radius 3 is 1.55 bits per heavy atom. The Labute approximate surface area is 461 Å². The van der Waals surface area contributed by atoms with Crippen LogP contribution in [-0.2, 0) is 37.9 Å². The summed E-state index contributed by atoms with van der Waals surface area (Å²) < 4.78 is 22.3. The summed E-state index contributed by atoms with van der Waals surface area (Å²) in [5, 5.41) is 5.68. The summed E-state index contributed by atoms with van der Waals surface area (Å²) in [5.74, 6) is 0. The lowest BCUT2D eigenvalue weighted by atomic mass is 9.45. The summed E-state index contributed by atoms with van der Waals surface area (Å²) in [4.78, 5) is 5.22. The topological polar surface area (TPSA) is 45.9 Å². The molecule has 2 aliphatic heterocycles. The fourth-order valence-corrected chi connectivity index (χ4v) is 15.5. The third-order valence-corrected chi connectivity index (χ3v) is 20.8. The summed E-state index contributed by atoms with van der Waals surface area (Å²) in [5.41, 5.74) is 24.5. The van der Waals surface area contributed by atoms with Crippen molar-refractivity contribution >= 4 is 101 Å². The van der Waals surface area contributed by atoms with E-state index in [2.05, 4.69) is 223 Å². The number of anilines is 5. The Morgan fingerprint density at radius 2 is 0.936 bits per heavy atom. The number of nitrogens with zero attached hydrogens (tertiary/aromatic N) is 2. The third-order valence-electron chi connectivity index (χ3n) is 20.8. The van der Waals surface area contributed by atoms with E-state index in [-0.39, 0.29) is 44.8 Å². The first kappa shape index (κ1) is 48.5. The largest absolute Gasteiger partial charge is 0.466 e. The Bertz CT molecular complexity index is 4270. The summed E-state index contributed by atoms with van der Waals surface area (Å²) in [6, 6.07) is 42.6. The van der Waals surface area contributed by atoms with Gasteiger partial charge in [0.15, 0.2) is 0 Å². The Balaban J connectivity index is 1.11. The van der Waals surface area contributed by atoms with Crippen molar-refractivity contribution in [1.29, 1.82) is 0 Å². The quantitative estimate of drug-likeness (QED) is 0.162. The number of para-hydroxylation sites is 1. The molecular weight excluding hydrogens is 952 g/mol. The monoisotopic (exact) mass is 1030 g/mol. The van der Waals surface area contributed by atoms with E-state index in [1.54, 1.807) is 0 Å². The smallest absolute Gasteiger partial charge is 0.376 e. The van der Waals surface area contributed by atoms with E-state index >= 15 is 0 Å². The average molecular weight is 1030 g/mol. The lowest BCUT2D eigenvalue weighted by molar-refractivity contribution is 0.332. The van der Waals surface area contributed by atoms with Crippen LogP contribution in [0.3, 0.4) is 0 Å². The Hall–Kier alpha value is -6.66. The van der Waals surface area contributed by atoms with Crippen molar-refractivity contribution in [3.8, 4) is 11.1 Å². The second-order valence-corrected chi connectivity index (χ2v) is 29.7. The van der Waals surface area contributed by atoms with Gasteiger partial charge in [0.2, 0.25) is 0 Å². The summed E-state index contributed by atoms with van der Waals surface area (Å²) in [6.07, 6.45) is 6.83. The van der Waals surface area contributed by atoms with Gasteiger partial charge in [-0.15, -0.1) is 0 Å². The average Bonchev–Trinajstić information content (AvgIpc) is 4.21. The Morgan fingerprint density at radius 1 is 0.423 bits per heavy atom. The van der Waals surface area contributed by atoms with Gasteiger partial charge in [-0.3, -0.25) is 0 Å². The van der Waals surface area contributed by atoms with Crippen LogP contribution in [0.25, 0.3) is 66.0 Å². The molecule has 5 heterocycles. The number of hydrogen-bond acceptors (Lipinski definition) is 5. The van der Waals surface area contributed by atoms with Crippen LogP contribution in [0.2, 0.25) is 0 Å². The van der Waals surface area contributed by atoms with Crippen LogP contribution in [0.15, 0.2) is 122 Å². The maximum absolute atomic E-state index is 7.82. The highest BCUT2D eigenvalue weighted by Crippen LogP contribution is 2.57. The molecule has 0 spiro atoms. The van der Waals surface area contributed by atoms with E-state index < -0.39 is 0 Å². The fourth-order valence-electron chi connectivity index (χ4n) is 15.5. The molecule has 5 aliphatic rings. The van der Waals surface area contributed by atoms with Gasteiger partial charge < -0.3 is 23.0 Å². The first-order chi connectivity index (χ1) is 36.7. The SMILES string of the molecule is CC(C)(C)c1ccc(N2B3c4oc5cc6c(cc5c4N(c4ccc5c(c4)C(C)(C)CCC5(C)C)c4cc5c(oc7ccccc75)c(c43)-c3cc4c(cc32)oc2cc3c(cc24)C(C)(C)CCC3(C)C)C(C)(C)CCC6(C)C)cc1. The molecule has 0 radical (unpaired) electrons. The van der Waals surface area contributed by atoms with Crippen molar-refractivity contribution in [1.82, 2.24) is 0 Å². The number of fused-ring (bicyclic) bond motifs is 16. The molecule has 0 atom stereocenters. The zero-order chi connectivity index (χ0) is 54.3. The van der Waals surface area contributed by atoms with Gasteiger partial charge in [-0.05, 0) is 188 Å². The molecule has 7 aromatic carbocycles. The highest BCUT2D eigenvalue weighted by Gasteiger charge is 2.51. The van der Waals surface area contributed by atoms with Gasteiger partial charge in [0.05, 0.1) is 5.69 Å². The van der Waals surface area contributed by atoms with Gasteiger partial charge in [0, 0.05) is 66.9 Å². The van der Waals surface area contributed by atoms with Crippen LogP contribution in [-0.4, -0.2) is 6.85 Å². The molecule has 0 saturated heterocycles. The maximum atomic E-state index is 7.82. The molecule has 3 aliphatic carbocycles. The van der Waals surface area contributed by atoms with Crippen LogP contribution in [0, 0.1) is 0 Å². The minimum Gasteiger partial charge on any atom is -0.466 e. The number of benzene rings is 7. The highest BCUT2D eigenvalue weighted by molar-refractivity contribution is 6.93. The summed E-state index contributed by atoms with van der Waals surface area (Å²) in [7, 11) is 0. The second-order valence-electron chi connectivity index (χ2n) is 29.7. The first-order valence-electron chi connectivity index (χ1n) is 29.2. The normalized spacial score (nSPS) is 20.0. The molecule has 5 nitrogen and oxygen atoms in total. The second kappa shape index (κ2) is 15.2. The van der Waals surface area contributed by atoms with Crippen LogP contribution < -0.4 is 20.8 Å². The summed E-state index contributed by atoms with van der Waals surface area (Å²) in [6.45, 7) is 35.7. The zero-order valence-electron chi connectivity index (χ0n) is 48.8. The van der Waals surface area contributed by atoms with Crippen molar-refractivity contribution in [2.75, 3.05) is 9.71 Å². The molecular formula is C72H75BN2O3. The van der Waals surface area contributed by atoms with Gasteiger partial charge in [-0.2, -0.15) is 0 Å². The van der Waals surface area contributed by atoms with Crippen LogP contribution in [0.5, 0.6) is 0 Å². The predicted octanol–water partition coefficient (Wildman–Crippen LogP) is 19.3. The number of furan rings is 3. The molecule has 0 N–H and O–H groups in total.